The van der Waals surface area contributed by atoms with Gasteiger partial charge in [-0.3, -0.25) is 4.79 Å². The lowest BCUT2D eigenvalue weighted by Gasteiger charge is -2.15. The zero-order valence-corrected chi connectivity index (χ0v) is 18.9. The van der Waals surface area contributed by atoms with E-state index in [2.05, 4.69) is 21.0 Å². The normalized spacial score (nSPS) is 11.4. The quantitative estimate of drug-likeness (QED) is 0.112. The van der Waals surface area contributed by atoms with E-state index >= 15 is 0 Å². The number of ether oxygens (including phenoxy) is 2. The van der Waals surface area contributed by atoms with Crippen molar-refractivity contribution in [1.29, 1.82) is 0 Å². The molecule has 5 N–H and O–H groups in total. The van der Waals surface area contributed by atoms with Gasteiger partial charge in [0.15, 0.2) is 5.78 Å². The summed E-state index contributed by atoms with van der Waals surface area (Å²) < 4.78 is 12.4. The number of rotatable bonds is 11. The Bertz CT molecular complexity index is 915. The molecular weight excluding hydrogens is 450 g/mol. The molecule has 0 radical (unpaired) electrons. The molecular formula is C22H28BrN3O4. The summed E-state index contributed by atoms with van der Waals surface area (Å²) in [7, 11) is 0. The fourth-order valence-corrected chi connectivity index (χ4v) is 3.44. The number of halogens is 1. The Morgan fingerprint density at radius 1 is 1.13 bits per heavy atom. The summed E-state index contributed by atoms with van der Waals surface area (Å²) in [6.07, 6.45) is 3.06. The van der Waals surface area contributed by atoms with Gasteiger partial charge in [0.2, 0.25) is 0 Å². The lowest BCUT2D eigenvalue weighted by Crippen LogP contribution is -2.15. The van der Waals surface area contributed by atoms with Crippen molar-refractivity contribution in [2.45, 2.75) is 39.5 Å². The number of benzene rings is 2. The van der Waals surface area contributed by atoms with Crippen LogP contribution in [0.15, 0.2) is 39.9 Å². The predicted molar refractivity (Wildman–Crippen MR) is 121 cm³/mol. The van der Waals surface area contributed by atoms with Crippen LogP contribution in [0, 0.1) is 0 Å². The highest BCUT2D eigenvalue weighted by Crippen LogP contribution is 2.33. The maximum absolute atomic E-state index is 11.6. The molecule has 2 aromatic rings. The van der Waals surface area contributed by atoms with E-state index < -0.39 is 0 Å². The number of ketones is 1. The molecule has 0 atom stereocenters. The minimum atomic E-state index is -0.161. The van der Waals surface area contributed by atoms with E-state index in [9.17, 15) is 9.90 Å². The summed E-state index contributed by atoms with van der Waals surface area (Å²) in [6, 6.07) is 8.77. The number of amidine groups is 1. The van der Waals surface area contributed by atoms with Gasteiger partial charge in [-0.2, -0.15) is 5.10 Å². The van der Waals surface area contributed by atoms with E-state index in [4.69, 9.17) is 21.1 Å². The van der Waals surface area contributed by atoms with E-state index in [1.54, 1.807) is 24.3 Å². The molecule has 2 rings (SSSR count). The third-order valence-electron chi connectivity index (χ3n) is 4.54. The number of phenols is 1. The predicted octanol–water partition coefficient (Wildman–Crippen LogP) is 4.13. The summed E-state index contributed by atoms with van der Waals surface area (Å²) in [5.41, 5.74) is 7.42. The number of phenolic OH excluding ortho intramolecular Hbond substituents is 1. The molecule has 0 unspecified atom stereocenters. The average molecular weight is 478 g/mol. The van der Waals surface area contributed by atoms with E-state index in [1.807, 2.05) is 13.0 Å². The number of Topliss-reactive ketones (excluding diaryl/α,β-unsaturated/α-hetero) is 1. The van der Waals surface area contributed by atoms with Gasteiger partial charge in [0.05, 0.1) is 23.2 Å². The zero-order chi connectivity index (χ0) is 22.1. The first-order valence-electron chi connectivity index (χ1n) is 9.83. The molecule has 7 nitrogen and oxygen atoms in total. The zero-order valence-electron chi connectivity index (χ0n) is 17.3. The van der Waals surface area contributed by atoms with Gasteiger partial charge >= 0.3 is 0 Å². The van der Waals surface area contributed by atoms with Gasteiger partial charge in [0, 0.05) is 11.1 Å². The van der Waals surface area contributed by atoms with Gasteiger partial charge in [-0.25, -0.2) is 0 Å². The SMILES string of the molecule is CCCc1c(OCCCCOc2ccc(/C(N)=N/N)cc2Br)ccc(C(C)=O)c1O. The van der Waals surface area contributed by atoms with E-state index in [0.717, 1.165) is 23.7 Å². The molecule has 0 amide bonds. The summed E-state index contributed by atoms with van der Waals surface area (Å²) >= 11 is 3.45. The average Bonchev–Trinajstić information content (AvgIpc) is 2.72. The number of hydrogen-bond donors (Lipinski definition) is 3. The largest absolute Gasteiger partial charge is 0.507 e. The van der Waals surface area contributed by atoms with Crippen LogP contribution < -0.4 is 21.1 Å². The molecule has 0 aliphatic carbocycles. The minimum Gasteiger partial charge on any atom is -0.507 e. The maximum atomic E-state index is 11.6. The Hall–Kier alpha value is -2.74. The number of unbranched alkanes of at least 4 members (excludes halogenated alkanes) is 1. The van der Waals surface area contributed by atoms with Gasteiger partial charge in [-0.1, -0.05) is 13.3 Å². The highest BCUT2D eigenvalue weighted by Gasteiger charge is 2.15. The van der Waals surface area contributed by atoms with Crippen LogP contribution in [-0.2, 0) is 6.42 Å². The molecule has 162 valence electrons. The first kappa shape index (κ1) is 23.5. The van der Waals surface area contributed by atoms with Gasteiger partial charge in [-0.15, -0.1) is 0 Å². The van der Waals surface area contributed by atoms with Gasteiger partial charge < -0.3 is 26.2 Å². The fourth-order valence-electron chi connectivity index (χ4n) is 2.95. The van der Waals surface area contributed by atoms with Crippen LogP contribution in [0.3, 0.4) is 0 Å². The molecule has 0 aliphatic rings. The number of aromatic hydroxyl groups is 1. The summed E-state index contributed by atoms with van der Waals surface area (Å²) in [4.78, 5) is 11.6. The fraction of sp³-hybridized carbons (Fsp3) is 0.364. The topological polar surface area (TPSA) is 120 Å². The molecule has 0 heterocycles. The molecule has 0 spiro atoms. The Morgan fingerprint density at radius 3 is 2.33 bits per heavy atom. The first-order valence-corrected chi connectivity index (χ1v) is 10.6. The van der Waals surface area contributed by atoms with Crippen LogP contribution in [0.2, 0.25) is 0 Å². The summed E-state index contributed by atoms with van der Waals surface area (Å²) in [6.45, 7) is 4.47. The highest BCUT2D eigenvalue weighted by molar-refractivity contribution is 9.10. The number of nitrogens with zero attached hydrogens (tertiary/aromatic N) is 1. The second-order valence-corrected chi connectivity index (χ2v) is 7.66. The number of carbonyl (C=O) groups is 1. The standard InChI is InChI=1S/C22H28BrN3O4/c1-3-6-17-19(10-8-16(14(2)27)21(17)28)29-11-4-5-12-30-20-9-7-15(13-18(20)23)22(24)26-25/h7-10,13,28H,3-6,11-12,25H2,1-2H3,(H2,24,26). The van der Waals surface area contributed by atoms with Crippen molar-refractivity contribution < 1.29 is 19.4 Å². The summed E-state index contributed by atoms with van der Waals surface area (Å²) in [5.74, 6) is 6.64. The Balaban J connectivity index is 1.85. The van der Waals surface area contributed by atoms with E-state index in [0.29, 0.717) is 47.8 Å². The Labute approximate surface area is 185 Å². The molecule has 8 heteroatoms. The lowest BCUT2D eigenvalue weighted by molar-refractivity contribution is 0.101. The van der Waals surface area contributed by atoms with Crippen molar-refractivity contribution in [3.05, 3.63) is 51.5 Å². The summed E-state index contributed by atoms with van der Waals surface area (Å²) in [5, 5.41) is 13.9. The van der Waals surface area contributed by atoms with Crippen LogP contribution in [0.25, 0.3) is 0 Å². The molecule has 0 aromatic heterocycles. The second-order valence-electron chi connectivity index (χ2n) is 6.81. The van der Waals surface area contributed by atoms with Crippen molar-refractivity contribution in [3.8, 4) is 17.2 Å². The molecule has 0 saturated heterocycles. The van der Waals surface area contributed by atoms with Crippen LogP contribution in [-0.4, -0.2) is 29.9 Å². The van der Waals surface area contributed by atoms with Gasteiger partial charge in [0.1, 0.15) is 23.1 Å². The third kappa shape index (κ3) is 6.13. The van der Waals surface area contributed by atoms with Crippen LogP contribution in [0.5, 0.6) is 17.2 Å². The smallest absolute Gasteiger partial charge is 0.163 e. The van der Waals surface area contributed by atoms with E-state index in [-0.39, 0.29) is 17.4 Å². The molecule has 0 saturated carbocycles. The highest BCUT2D eigenvalue weighted by atomic mass is 79.9. The maximum Gasteiger partial charge on any atom is 0.163 e. The van der Waals surface area contributed by atoms with Crippen molar-refractivity contribution in [3.63, 3.8) is 0 Å². The van der Waals surface area contributed by atoms with E-state index in [1.165, 1.54) is 6.92 Å². The Morgan fingerprint density at radius 2 is 1.77 bits per heavy atom. The lowest BCUT2D eigenvalue weighted by atomic mass is 10.0. The number of carbonyl (C=O) groups excluding carboxylic acids is 1. The minimum absolute atomic E-state index is 0.0267. The van der Waals surface area contributed by atoms with Crippen LogP contribution in [0.4, 0.5) is 0 Å². The van der Waals surface area contributed by atoms with Gasteiger partial charge in [0.25, 0.3) is 0 Å². The Kier molecular flexibility index (Phi) is 8.98. The van der Waals surface area contributed by atoms with Gasteiger partial charge in [-0.05, 0) is 72.4 Å². The molecule has 0 fully saturated rings. The number of hydrogen-bond acceptors (Lipinski definition) is 6. The molecule has 0 bridgehead atoms. The number of hydrazone groups is 1. The number of nitrogens with two attached hydrogens (primary N) is 2. The third-order valence-corrected chi connectivity index (χ3v) is 5.16. The van der Waals surface area contributed by atoms with Crippen LogP contribution in [0.1, 0.15) is 54.6 Å². The monoisotopic (exact) mass is 477 g/mol. The second kappa shape index (κ2) is 11.4. The molecule has 0 aliphatic heterocycles. The molecule has 30 heavy (non-hydrogen) atoms. The first-order chi connectivity index (χ1) is 14.4. The van der Waals surface area contributed by atoms with Crippen molar-refractivity contribution in [2.75, 3.05) is 13.2 Å². The van der Waals surface area contributed by atoms with Crippen molar-refractivity contribution >= 4 is 27.5 Å². The van der Waals surface area contributed by atoms with Crippen molar-refractivity contribution in [2.24, 2.45) is 16.7 Å². The van der Waals surface area contributed by atoms with Crippen LogP contribution >= 0.6 is 15.9 Å². The van der Waals surface area contributed by atoms with Crippen molar-refractivity contribution in [1.82, 2.24) is 0 Å². The molecule has 2 aromatic carbocycles.